The van der Waals surface area contributed by atoms with Gasteiger partial charge < -0.3 is 10.7 Å². The van der Waals surface area contributed by atoms with E-state index in [1.165, 1.54) is 16.5 Å². The smallest absolute Gasteiger partial charge is 0.139 e. The van der Waals surface area contributed by atoms with Gasteiger partial charge in [-0.05, 0) is 61.0 Å². The van der Waals surface area contributed by atoms with Crippen molar-refractivity contribution in [2.45, 2.75) is 25.3 Å². The number of nitrogens with one attached hydrogen (secondary N) is 1. The number of nitrogen functional groups attached to an aromatic ring is 1. The van der Waals surface area contributed by atoms with Crippen molar-refractivity contribution in [3.05, 3.63) is 40.0 Å². The molecule has 0 aliphatic heterocycles. The molecule has 114 valence electrons. The normalized spacial score (nSPS) is 11.3. The number of pyridine rings is 1. The van der Waals surface area contributed by atoms with Gasteiger partial charge in [0.25, 0.3) is 0 Å². The summed E-state index contributed by atoms with van der Waals surface area (Å²) in [6.07, 6.45) is 2.81. The maximum Gasteiger partial charge on any atom is 0.139 e. The molecule has 0 aliphatic rings. The minimum atomic E-state index is 0.817. The number of hydrogen-bond acceptors (Lipinski definition) is 3. The fourth-order valence-electron chi connectivity index (χ4n) is 2.65. The number of aryl methyl sites for hydroxylation is 2. The lowest BCUT2D eigenvalue weighted by Gasteiger charge is -2.09. The Kier molecular flexibility index (Phi) is 4.70. The number of aromatic amines is 1. The first-order chi connectivity index (χ1) is 10.6. The number of anilines is 1. The minimum Gasteiger partial charge on any atom is -0.398 e. The highest BCUT2D eigenvalue weighted by Crippen LogP contribution is 2.43. The van der Waals surface area contributed by atoms with Crippen molar-refractivity contribution in [2.24, 2.45) is 0 Å². The Balaban J connectivity index is 2.40. The fourth-order valence-corrected chi connectivity index (χ4v) is 4.65. The van der Waals surface area contributed by atoms with E-state index in [2.05, 4.69) is 72.2 Å². The zero-order chi connectivity index (χ0) is 15.9. The van der Waals surface area contributed by atoms with Crippen LogP contribution in [-0.2, 0) is 6.42 Å². The number of aromatic nitrogens is 2. The first kappa shape index (κ1) is 16.1. The molecule has 2 heterocycles. The van der Waals surface area contributed by atoms with Gasteiger partial charge in [-0.3, -0.25) is 0 Å². The quantitative estimate of drug-likeness (QED) is 0.358. The lowest BCUT2D eigenvalue weighted by Crippen LogP contribution is -1.92. The van der Waals surface area contributed by atoms with E-state index in [1.54, 1.807) is 8.93 Å². The molecule has 3 N–H and O–H groups in total. The lowest BCUT2D eigenvalue weighted by atomic mass is 9.99. The van der Waals surface area contributed by atoms with E-state index in [1.807, 2.05) is 13.1 Å². The van der Waals surface area contributed by atoms with Gasteiger partial charge in [0.15, 0.2) is 0 Å². The van der Waals surface area contributed by atoms with Crippen LogP contribution in [0, 0.1) is 6.92 Å². The Morgan fingerprint density at radius 2 is 2.18 bits per heavy atom. The molecular weight excluding hydrogens is 473 g/mol. The van der Waals surface area contributed by atoms with E-state index >= 15 is 0 Å². The molecule has 0 radical (unpaired) electrons. The maximum absolute atomic E-state index is 6.12. The standard InChI is InChI=1S/C16H15BrIN3S/c1-3-10-11(17)7-20-15-14(10)13(16(21-15)22-18)9-5-4-8(2)12(19)6-9/h4-7H,3,19H2,1-2H3,(H,20,21). The van der Waals surface area contributed by atoms with Crippen LogP contribution in [0.4, 0.5) is 5.69 Å². The topological polar surface area (TPSA) is 54.7 Å². The molecule has 3 rings (SSSR count). The average Bonchev–Trinajstić information content (AvgIpc) is 2.88. The van der Waals surface area contributed by atoms with Gasteiger partial charge in [0.05, 0.1) is 5.03 Å². The zero-order valence-corrected chi connectivity index (χ0v) is 16.8. The summed E-state index contributed by atoms with van der Waals surface area (Å²) < 4.78 is 1.05. The summed E-state index contributed by atoms with van der Waals surface area (Å²) in [6, 6.07) is 6.25. The van der Waals surface area contributed by atoms with Crippen LogP contribution in [0.3, 0.4) is 0 Å². The average molecular weight is 488 g/mol. The number of fused-ring (bicyclic) bond motifs is 1. The van der Waals surface area contributed by atoms with Gasteiger partial charge in [-0.15, -0.1) is 0 Å². The van der Waals surface area contributed by atoms with E-state index in [9.17, 15) is 0 Å². The van der Waals surface area contributed by atoms with Crippen molar-refractivity contribution in [3.8, 4) is 11.1 Å². The fraction of sp³-hybridized carbons (Fsp3) is 0.188. The lowest BCUT2D eigenvalue weighted by molar-refractivity contribution is 1.13. The molecule has 0 spiro atoms. The molecule has 6 heteroatoms. The molecule has 0 fully saturated rings. The molecule has 0 saturated carbocycles. The first-order valence-electron chi connectivity index (χ1n) is 6.91. The SMILES string of the molecule is CCc1c(Br)cnc2[nH]c(SI)c(-c3ccc(C)c(N)c3)c12. The van der Waals surface area contributed by atoms with E-state index in [0.717, 1.165) is 38.4 Å². The van der Waals surface area contributed by atoms with Gasteiger partial charge in [-0.25, -0.2) is 4.98 Å². The maximum atomic E-state index is 6.12. The highest BCUT2D eigenvalue weighted by Gasteiger charge is 2.19. The molecule has 1 aromatic carbocycles. The Bertz CT molecular complexity index is 860. The van der Waals surface area contributed by atoms with Crippen LogP contribution < -0.4 is 5.73 Å². The zero-order valence-electron chi connectivity index (χ0n) is 12.2. The molecule has 0 saturated heterocycles. The largest absolute Gasteiger partial charge is 0.398 e. The Morgan fingerprint density at radius 1 is 1.41 bits per heavy atom. The van der Waals surface area contributed by atoms with Gasteiger partial charge in [0, 0.05) is 48.5 Å². The number of nitrogens with zero attached hydrogens (tertiary/aromatic N) is 1. The predicted octanol–water partition coefficient (Wildman–Crippen LogP) is 5.89. The van der Waals surface area contributed by atoms with Gasteiger partial charge in [-0.2, -0.15) is 0 Å². The summed E-state index contributed by atoms with van der Waals surface area (Å²) in [4.78, 5) is 7.96. The summed E-state index contributed by atoms with van der Waals surface area (Å²) in [5.41, 5.74) is 12.5. The van der Waals surface area contributed by atoms with Crippen LogP contribution in [0.1, 0.15) is 18.1 Å². The third-order valence-corrected chi connectivity index (χ3v) is 6.31. The Hall–Kier alpha value is -0.730. The van der Waals surface area contributed by atoms with Crippen LogP contribution in [0.2, 0.25) is 0 Å². The van der Waals surface area contributed by atoms with Gasteiger partial charge >= 0.3 is 0 Å². The van der Waals surface area contributed by atoms with E-state index in [-0.39, 0.29) is 0 Å². The summed E-state index contributed by atoms with van der Waals surface area (Å²) in [5, 5.41) is 2.29. The monoisotopic (exact) mass is 487 g/mol. The second-order valence-corrected chi connectivity index (χ2v) is 7.88. The third kappa shape index (κ3) is 2.65. The molecule has 0 bridgehead atoms. The van der Waals surface area contributed by atoms with Crippen LogP contribution >= 0.6 is 46.1 Å². The molecule has 3 nitrogen and oxygen atoms in total. The van der Waals surface area contributed by atoms with Crippen LogP contribution in [0.25, 0.3) is 22.2 Å². The molecule has 22 heavy (non-hydrogen) atoms. The van der Waals surface area contributed by atoms with Crippen molar-refractivity contribution < 1.29 is 0 Å². The van der Waals surface area contributed by atoms with E-state index in [4.69, 9.17) is 5.73 Å². The van der Waals surface area contributed by atoms with Crippen LogP contribution in [-0.4, -0.2) is 9.97 Å². The number of H-pyrrole nitrogens is 1. The molecule has 0 amide bonds. The molecule has 3 aromatic rings. The number of halogens is 2. The Labute approximate surface area is 154 Å². The number of nitrogens with two attached hydrogens (primary N) is 1. The number of benzene rings is 1. The van der Waals surface area contributed by atoms with Crippen molar-refractivity contribution in [2.75, 3.05) is 5.73 Å². The minimum absolute atomic E-state index is 0.817. The highest BCUT2D eigenvalue weighted by atomic mass is 127. The van der Waals surface area contributed by atoms with Gasteiger partial charge in [0.1, 0.15) is 5.65 Å². The van der Waals surface area contributed by atoms with Crippen molar-refractivity contribution in [1.82, 2.24) is 9.97 Å². The van der Waals surface area contributed by atoms with Crippen molar-refractivity contribution in [1.29, 1.82) is 0 Å². The second kappa shape index (κ2) is 6.41. The van der Waals surface area contributed by atoms with E-state index in [0.29, 0.717) is 0 Å². The molecular formula is C16H15BrIN3S. The molecule has 0 unspecified atom stereocenters. The first-order valence-corrected chi connectivity index (χ1v) is 11.1. The van der Waals surface area contributed by atoms with E-state index < -0.39 is 0 Å². The van der Waals surface area contributed by atoms with Crippen molar-refractivity contribution >= 4 is 62.8 Å². The van der Waals surface area contributed by atoms with Gasteiger partial charge in [0.2, 0.25) is 0 Å². The summed E-state index contributed by atoms with van der Waals surface area (Å²) in [6.45, 7) is 4.19. The highest BCUT2D eigenvalue weighted by molar-refractivity contribution is 14.2. The van der Waals surface area contributed by atoms with Crippen LogP contribution in [0.5, 0.6) is 0 Å². The third-order valence-electron chi connectivity index (χ3n) is 3.84. The summed E-state index contributed by atoms with van der Waals surface area (Å²) >= 11 is 5.93. The predicted molar refractivity (Wildman–Crippen MR) is 108 cm³/mol. The molecule has 2 aromatic heterocycles. The Morgan fingerprint density at radius 3 is 2.82 bits per heavy atom. The van der Waals surface area contributed by atoms with Crippen molar-refractivity contribution in [3.63, 3.8) is 0 Å². The molecule has 0 aliphatic carbocycles. The number of rotatable bonds is 3. The second-order valence-electron chi connectivity index (χ2n) is 5.14. The number of hydrogen-bond donors (Lipinski definition) is 2. The van der Waals surface area contributed by atoms with Crippen LogP contribution in [0.15, 0.2) is 33.9 Å². The molecule has 0 atom stereocenters. The summed E-state index contributed by atoms with van der Waals surface area (Å²) in [5.74, 6) is 0. The summed E-state index contributed by atoms with van der Waals surface area (Å²) in [7, 11) is 1.67. The van der Waals surface area contributed by atoms with Gasteiger partial charge in [-0.1, -0.05) is 19.1 Å².